The molecule has 12 heavy (non-hydrogen) atoms. The number of hydrogen-bond donors (Lipinski definition) is 2. The summed E-state index contributed by atoms with van der Waals surface area (Å²) in [5, 5.41) is 12.0. The van der Waals surface area contributed by atoms with Crippen LogP contribution in [0.25, 0.3) is 0 Å². The molecular weight excluding hydrogens is 150 g/mol. The molecule has 0 aliphatic heterocycles. The van der Waals surface area contributed by atoms with Crippen LogP contribution in [-0.2, 0) is 0 Å². The van der Waals surface area contributed by atoms with E-state index in [0.29, 0.717) is 0 Å². The van der Waals surface area contributed by atoms with Crippen molar-refractivity contribution >= 4 is 0 Å². The molecule has 0 fully saturated rings. The number of aliphatic hydroxyl groups excluding tert-OH is 1. The van der Waals surface area contributed by atoms with Gasteiger partial charge < -0.3 is 10.4 Å². The van der Waals surface area contributed by atoms with E-state index in [0.717, 1.165) is 19.5 Å². The minimum absolute atomic E-state index is 0.171. The third-order valence-electron chi connectivity index (χ3n) is 1.78. The fraction of sp³-hybridized carbons (Fsp3) is 0.800. The molecule has 0 aromatic rings. The predicted molar refractivity (Wildman–Crippen MR) is 51.8 cm³/mol. The monoisotopic (exact) mass is 169 g/mol. The van der Waals surface area contributed by atoms with Gasteiger partial charge in [0.15, 0.2) is 0 Å². The molecule has 0 unspecified atom stereocenters. The Hall–Kier alpha value is -0.520. The normalized spacial score (nSPS) is 10.7. The van der Waals surface area contributed by atoms with Gasteiger partial charge in [0.2, 0.25) is 0 Å². The maximum absolute atomic E-state index is 8.75. The first-order valence-corrected chi connectivity index (χ1v) is 4.33. The lowest BCUT2D eigenvalue weighted by molar-refractivity contribution is 0.209. The van der Waals surface area contributed by atoms with Gasteiger partial charge in [-0.1, -0.05) is 19.8 Å². The van der Waals surface area contributed by atoms with Crippen LogP contribution in [0.5, 0.6) is 0 Å². The Morgan fingerprint density at radius 1 is 1.42 bits per heavy atom. The van der Waals surface area contributed by atoms with Gasteiger partial charge in [-0.05, 0) is 18.8 Å². The van der Waals surface area contributed by atoms with Gasteiger partial charge in [-0.25, -0.2) is 0 Å². The van der Waals surface area contributed by atoms with E-state index < -0.39 is 0 Å². The van der Waals surface area contributed by atoms with Gasteiger partial charge in [0.25, 0.3) is 0 Å². The molecule has 0 rings (SSSR count). The van der Waals surface area contributed by atoms with E-state index in [2.05, 4.69) is 31.0 Å². The van der Waals surface area contributed by atoms with Crippen molar-refractivity contribution in [1.82, 2.24) is 5.32 Å². The maximum Gasteiger partial charge on any atom is 0.0576 e. The van der Waals surface area contributed by atoms with Crippen LogP contribution < -0.4 is 5.32 Å². The highest BCUT2D eigenvalue weighted by molar-refractivity contribution is 4.97. The van der Waals surface area contributed by atoms with Crippen molar-refractivity contribution in [3.63, 3.8) is 0 Å². The van der Waals surface area contributed by atoms with Crippen molar-refractivity contribution in [3.8, 4) is 11.8 Å². The summed E-state index contributed by atoms with van der Waals surface area (Å²) in [6, 6.07) is 0. The number of hydrogen-bond acceptors (Lipinski definition) is 2. The van der Waals surface area contributed by atoms with Crippen LogP contribution >= 0.6 is 0 Å². The first kappa shape index (κ1) is 11.5. The van der Waals surface area contributed by atoms with E-state index in [9.17, 15) is 0 Å². The molecule has 0 aromatic carbocycles. The first-order chi connectivity index (χ1) is 5.62. The number of aliphatic hydroxyl groups is 1. The van der Waals surface area contributed by atoms with E-state index >= 15 is 0 Å². The minimum Gasteiger partial charge on any atom is -0.396 e. The summed E-state index contributed by atoms with van der Waals surface area (Å²) in [4.78, 5) is 0. The molecule has 2 heteroatoms. The summed E-state index contributed by atoms with van der Waals surface area (Å²) in [5.41, 5.74) is 0.171. The van der Waals surface area contributed by atoms with Gasteiger partial charge in [0.05, 0.1) is 6.54 Å². The van der Waals surface area contributed by atoms with E-state index in [-0.39, 0.29) is 12.0 Å². The van der Waals surface area contributed by atoms with Crippen molar-refractivity contribution in [1.29, 1.82) is 0 Å². The summed E-state index contributed by atoms with van der Waals surface area (Å²) in [5.74, 6) is 5.76. The largest absolute Gasteiger partial charge is 0.396 e. The summed E-state index contributed by atoms with van der Waals surface area (Å²) in [7, 11) is 0. The highest BCUT2D eigenvalue weighted by Gasteiger charge is 2.15. The Labute approximate surface area is 75.4 Å². The van der Waals surface area contributed by atoms with Crippen molar-refractivity contribution in [2.45, 2.75) is 27.2 Å². The van der Waals surface area contributed by atoms with Crippen LogP contribution in [0.3, 0.4) is 0 Å². The zero-order valence-corrected chi connectivity index (χ0v) is 8.28. The van der Waals surface area contributed by atoms with Gasteiger partial charge in [-0.3, -0.25) is 0 Å². The predicted octanol–water partition coefficient (Wildman–Crippen LogP) is 1.01. The Morgan fingerprint density at radius 3 is 2.58 bits per heavy atom. The highest BCUT2D eigenvalue weighted by Crippen LogP contribution is 2.17. The fourth-order valence-electron chi connectivity index (χ4n) is 0.943. The average Bonchev–Trinajstić information content (AvgIpc) is 1.98. The lowest BCUT2D eigenvalue weighted by Gasteiger charge is -2.23. The van der Waals surface area contributed by atoms with E-state index in [4.69, 9.17) is 5.11 Å². The number of rotatable bonds is 5. The van der Waals surface area contributed by atoms with Gasteiger partial charge in [0.1, 0.15) is 0 Å². The highest BCUT2D eigenvalue weighted by atomic mass is 16.3. The molecule has 0 atom stereocenters. The topological polar surface area (TPSA) is 32.3 Å². The molecule has 0 saturated heterocycles. The molecule has 0 bridgehead atoms. The van der Waals surface area contributed by atoms with Crippen molar-refractivity contribution in [2.75, 3.05) is 19.7 Å². The smallest absolute Gasteiger partial charge is 0.0576 e. The fourth-order valence-corrected chi connectivity index (χ4v) is 0.943. The molecule has 0 aliphatic carbocycles. The van der Waals surface area contributed by atoms with E-state index in [1.807, 2.05) is 6.92 Å². The van der Waals surface area contributed by atoms with Crippen molar-refractivity contribution in [3.05, 3.63) is 0 Å². The molecule has 0 heterocycles. The minimum atomic E-state index is 0.171. The summed E-state index contributed by atoms with van der Waals surface area (Å²) in [6.07, 6.45) is 0.833. The van der Waals surface area contributed by atoms with Crippen LogP contribution in [0.4, 0.5) is 0 Å². The Morgan fingerprint density at radius 2 is 2.08 bits per heavy atom. The van der Waals surface area contributed by atoms with Gasteiger partial charge >= 0.3 is 0 Å². The van der Waals surface area contributed by atoms with Crippen molar-refractivity contribution in [2.24, 2.45) is 5.41 Å². The van der Waals surface area contributed by atoms with Gasteiger partial charge in [0, 0.05) is 13.2 Å². The summed E-state index contributed by atoms with van der Waals surface area (Å²) >= 11 is 0. The molecule has 2 nitrogen and oxygen atoms in total. The molecular formula is C10H19NO. The second kappa shape index (κ2) is 6.05. The zero-order chi connectivity index (χ0) is 9.45. The second-order valence-electron chi connectivity index (χ2n) is 3.67. The summed E-state index contributed by atoms with van der Waals surface area (Å²) in [6.45, 7) is 8.01. The quantitative estimate of drug-likeness (QED) is 0.475. The molecule has 2 N–H and O–H groups in total. The first-order valence-electron chi connectivity index (χ1n) is 4.33. The Kier molecular flexibility index (Phi) is 5.79. The number of nitrogens with one attached hydrogen (secondary N) is 1. The Bertz CT molecular complexity index is 164. The molecule has 0 aliphatic rings. The van der Waals surface area contributed by atoms with E-state index in [1.54, 1.807) is 0 Å². The molecule has 0 amide bonds. The maximum atomic E-state index is 8.75. The van der Waals surface area contributed by atoms with Gasteiger partial charge in [-0.2, -0.15) is 0 Å². The van der Waals surface area contributed by atoms with Crippen LogP contribution in [0.1, 0.15) is 27.2 Å². The van der Waals surface area contributed by atoms with Crippen LogP contribution in [-0.4, -0.2) is 24.8 Å². The lowest BCUT2D eigenvalue weighted by atomic mass is 9.90. The lowest BCUT2D eigenvalue weighted by Crippen LogP contribution is -2.30. The van der Waals surface area contributed by atoms with Gasteiger partial charge in [-0.15, -0.1) is 5.92 Å². The molecule has 0 aromatic heterocycles. The standard InChI is InChI=1S/C10H19NO/c1-4-5-7-11-9-10(2,3)6-8-12/h11-12H,6-9H2,1-3H3. The second-order valence-corrected chi connectivity index (χ2v) is 3.67. The molecule has 0 radical (unpaired) electrons. The molecule has 0 spiro atoms. The SMILES string of the molecule is CC#CCNCC(C)(C)CCO. The molecule has 0 saturated carbocycles. The molecule has 70 valence electrons. The van der Waals surface area contributed by atoms with Crippen molar-refractivity contribution < 1.29 is 5.11 Å². The zero-order valence-electron chi connectivity index (χ0n) is 8.28. The third kappa shape index (κ3) is 6.21. The average molecular weight is 169 g/mol. The third-order valence-corrected chi connectivity index (χ3v) is 1.78. The van der Waals surface area contributed by atoms with Crippen LogP contribution in [0.2, 0.25) is 0 Å². The summed E-state index contributed by atoms with van der Waals surface area (Å²) < 4.78 is 0. The van der Waals surface area contributed by atoms with Crippen LogP contribution in [0, 0.1) is 17.3 Å². The van der Waals surface area contributed by atoms with Crippen LogP contribution in [0.15, 0.2) is 0 Å². The Balaban J connectivity index is 3.51. The van der Waals surface area contributed by atoms with E-state index in [1.165, 1.54) is 0 Å².